The highest BCUT2D eigenvalue weighted by atomic mass is 16.7. The summed E-state index contributed by atoms with van der Waals surface area (Å²) in [4.78, 5) is 22.0. The van der Waals surface area contributed by atoms with Crippen molar-refractivity contribution < 1.29 is 18.9 Å². The predicted octanol–water partition coefficient (Wildman–Crippen LogP) is 3.35. The number of ether oxygens (including phenoxy) is 1. The maximum Gasteiger partial charge on any atom is 0.330 e. The average molecular weight is 373 g/mol. The van der Waals surface area contributed by atoms with Gasteiger partial charge < -0.3 is 14.1 Å². The molecular weight excluding hydrogens is 346 g/mol. The summed E-state index contributed by atoms with van der Waals surface area (Å²) in [7, 11) is 1.65. The molecule has 1 aliphatic heterocycles. The second-order valence-electron chi connectivity index (χ2n) is 7.91. The first-order chi connectivity index (χ1) is 12.8. The monoisotopic (exact) mass is 373 g/mol. The molecule has 0 atom stereocenters. The number of hydrogen-bond acceptors (Lipinski definition) is 7. The molecular formula is C20H27N3O4. The molecule has 0 aliphatic carbocycles. The van der Waals surface area contributed by atoms with Crippen LogP contribution >= 0.6 is 0 Å². The molecule has 27 heavy (non-hydrogen) atoms. The molecule has 146 valence electrons. The number of piperidine rings is 1. The lowest BCUT2D eigenvalue weighted by molar-refractivity contribution is -0.204. The minimum Gasteiger partial charge on any atom is -0.497 e. The van der Waals surface area contributed by atoms with E-state index in [0.29, 0.717) is 31.2 Å². The fourth-order valence-electron chi connectivity index (χ4n) is 2.88. The fraction of sp³-hybridized carbons (Fsp3) is 0.550. The number of benzene rings is 1. The van der Waals surface area contributed by atoms with Crippen molar-refractivity contribution in [1.29, 1.82) is 0 Å². The van der Waals surface area contributed by atoms with E-state index in [1.54, 1.807) is 12.2 Å². The van der Waals surface area contributed by atoms with E-state index < -0.39 is 5.41 Å². The average Bonchev–Trinajstić information content (AvgIpc) is 3.10. The zero-order valence-electron chi connectivity index (χ0n) is 16.4. The van der Waals surface area contributed by atoms with Crippen LogP contribution in [0, 0.1) is 5.41 Å². The molecule has 0 unspecified atom stereocenters. The summed E-state index contributed by atoms with van der Waals surface area (Å²) < 4.78 is 10.6. The minimum atomic E-state index is -0.500. The van der Waals surface area contributed by atoms with E-state index in [4.69, 9.17) is 14.1 Å². The molecule has 3 rings (SSSR count). The van der Waals surface area contributed by atoms with Gasteiger partial charge in [0.25, 0.3) is 0 Å². The van der Waals surface area contributed by atoms with Crippen LogP contribution in [-0.2, 0) is 16.1 Å². The maximum atomic E-state index is 12.0. The molecule has 0 radical (unpaired) electrons. The van der Waals surface area contributed by atoms with Gasteiger partial charge in [0, 0.05) is 25.4 Å². The van der Waals surface area contributed by atoms with Gasteiger partial charge in [-0.2, -0.15) is 4.98 Å². The largest absolute Gasteiger partial charge is 0.497 e. The van der Waals surface area contributed by atoms with Crippen molar-refractivity contribution >= 4 is 5.97 Å². The van der Waals surface area contributed by atoms with Crippen molar-refractivity contribution in [2.75, 3.05) is 20.2 Å². The molecule has 1 fully saturated rings. The Hall–Kier alpha value is -2.41. The topological polar surface area (TPSA) is 77.7 Å². The summed E-state index contributed by atoms with van der Waals surface area (Å²) in [6.45, 7) is 6.89. The first-order valence-corrected chi connectivity index (χ1v) is 9.28. The SMILES string of the molecule is COc1ccc(Cc2noc(C3CCN(OC(=O)C(C)(C)C)CC3)n2)cc1. The Labute approximate surface area is 159 Å². The zero-order chi connectivity index (χ0) is 19.4. The van der Waals surface area contributed by atoms with E-state index in [2.05, 4.69) is 10.1 Å². The van der Waals surface area contributed by atoms with Gasteiger partial charge in [0.1, 0.15) is 5.75 Å². The van der Waals surface area contributed by atoms with Gasteiger partial charge in [0.15, 0.2) is 5.82 Å². The maximum absolute atomic E-state index is 12.0. The molecule has 0 amide bonds. The molecule has 7 heteroatoms. The van der Waals surface area contributed by atoms with Crippen molar-refractivity contribution in [1.82, 2.24) is 15.2 Å². The highest BCUT2D eigenvalue weighted by Gasteiger charge is 2.30. The van der Waals surface area contributed by atoms with Crippen molar-refractivity contribution in [2.45, 2.75) is 46.0 Å². The fourth-order valence-corrected chi connectivity index (χ4v) is 2.88. The van der Waals surface area contributed by atoms with E-state index in [1.807, 2.05) is 45.0 Å². The smallest absolute Gasteiger partial charge is 0.330 e. The second-order valence-corrected chi connectivity index (χ2v) is 7.91. The molecule has 0 N–H and O–H groups in total. The molecule has 2 aromatic rings. The minimum absolute atomic E-state index is 0.201. The van der Waals surface area contributed by atoms with Crippen molar-refractivity contribution in [3.05, 3.63) is 41.5 Å². The molecule has 1 saturated heterocycles. The Kier molecular flexibility index (Phi) is 5.79. The number of nitrogens with zero attached hydrogens (tertiary/aromatic N) is 3. The Morgan fingerprint density at radius 1 is 1.22 bits per heavy atom. The summed E-state index contributed by atoms with van der Waals surface area (Å²) in [5.41, 5.74) is 0.603. The molecule has 1 aliphatic rings. The van der Waals surface area contributed by atoms with Gasteiger partial charge in [-0.25, -0.2) is 4.79 Å². The van der Waals surface area contributed by atoms with Gasteiger partial charge in [0.05, 0.1) is 12.5 Å². The highest BCUT2D eigenvalue weighted by Crippen LogP contribution is 2.28. The number of carbonyl (C=O) groups is 1. The standard InChI is InChI=1S/C20H27N3O4/c1-20(2,3)19(24)27-23-11-9-15(10-12-23)18-21-17(22-26-18)13-14-5-7-16(25-4)8-6-14/h5-8,15H,9-13H2,1-4H3. The van der Waals surface area contributed by atoms with Gasteiger partial charge in [-0.05, 0) is 51.3 Å². The third-order valence-electron chi connectivity index (χ3n) is 4.63. The molecule has 7 nitrogen and oxygen atoms in total. The molecule has 0 saturated carbocycles. The molecule has 1 aromatic carbocycles. The zero-order valence-corrected chi connectivity index (χ0v) is 16.4. The van der Waals surface area contributed by atoms with Crippen LogP contribution in [0.4, 0.5) is 0 Å². The summed E-state index contributed by atoms with van der Waals surface area (Å²) in [5, 5.41) is 5.85. The molecule has 0 bridgehead atoms. The number of rotatable bonds is 5. The lowest BCUT2D eigenvalue weighted by atomic mass is 9.97. The highest BCUT2D eigenvalue weighted by molar-refractivity contribution is 5.75. The normalized spacial score (nSPS) is 16.3. The van der Waals surface area contributed by atoms with Crippen molar-refractivity contribution in [3.8, 4) is 5.75 Å². The summed E-state index contributed by atoms with van der Waals surface area (Å²) in [5.74, 6) is 2.16. The Morgan fingerprint density at radius 3 is 2.48 bits per heavy atom. The number of aromatic nitrogens is 2. The van der Waals surface area contributed by atoms with Gasteiger partial charge in [-0.3, -0.25) is 0 Å². The van der Waals surface area contributed by atoms with Crippen LogP contribution in [0.1, 0.15) is 56.8 Å². The Balaban J connectivity index is 1.52. The van der Waals surface area contributed by atoms with Crippen molar-refractivity contribution in [2.24, 2.45) is 5.41 Å². The van der Waals surface area contributed by atoms with Gasteiger partial charge >= 0.3 is 5.97 Å². The van der Waals surface area contributed by atoms with E-state index in [1.165, 1.54) is 0 Å². The summed E-state index contributed by atoms with van der Waals surface area (Å²) in [6.07, 6.45) is 2.26. The first-order valence-electron chi connectivity index (χ1n) is 9.28. The van der Waals surface area contributed by atoms with Gasteiger partial charge in [-0.15, -0.1) is 5.06 Å². The van der Waals surface area contributed by atoms with Gasteiger partial charge in [-0.1, -0.05) is 17.3 Å². The van der Waals surface area contributed by atoms with Gasteiger partial charge in [0.2, 0.25) is 5.89 Å². The quantitative estimate of drug-likeness (QED) is 0.795. The van der Waals surface area contributed by atoms with Crippen LogP contribution < -0.4 is 4.74 Å². The third-order valence-corrected chi connectivity index (χ3v) is 4.63. The Morgan fingerprint density at radius 2 is 1.89 bits per heavy atom. The lowest BCUT2D eigenvalue weighted by Crippen LogP contribution is -2.38. The lowest BCUT2D eigenvalue weighted by Gasteiger charge is -2.30. The van der Waals surface area contributed by atoms with Crippen LogP contribution in [0.2, 0.25) is 0 Å². The molecule has 0 spiro atoms. The Bertz CT molecular complexity index is 756. The third kappa shape index (κ3) is 5.07. The molecule has 1 aromatic heterocycles. The number of carbonyl (C=O) groups excluding carboxylic acids is 1. The van der Waals surface area contributed by atoms with E-state index >= 15 is 0 Å². The number of methoxy groups -OCH3 is 1. The number of hydrogen-bond donors (Lipinski definition) is 0. The van der Waals surface area contributed by atoms with Crippen LogP contribution in [-0.4, -0.2) is 41.4 Å². The summed E-state index contributed by atoms with van der Waals surface area (Å²) in [6, 6.07) is 7.84. The van der Waals surface area contributed by atoms with E-state index in [9.17, 15) is 4.79 Å². The van der Waals surface area contributed by atoms with E-state index in [0.717, 1.165) is 24.2 Å². The second kappa shape index (κ2) is 8.08. The predicted molar refractivity (Wildman–Crippen MR) is 99.2 cm³/mol. The summed E-state index contributed by atoms with van der Waals surface area (Å²) >= 11 is 0. The first kappa shape index (κ1) is 19.4. The van der Waals surface area contributed by atoms with Crippen LogP contribution in [0.5, 0.6) is 5.75 Å². The van der Waals surface area contributed by atoms with Crippen LogP contribution in [0.15, 0.2) is 28.8 Å². The molecule has 2 heterocycles. The van der Waals surface area contributed by atoms with Crippen LogP contribution in [0.3, 0.4) is 0 Å². The van der Waals surface area contributed by atoms with Crippen molar-refractivity contribution in [3.63, 3.8) is 0 Å². The van der Waals surface area contributed by atoms with E-state index in [-0.39, 0.29) is 11.9 Å². The van der Waals surface area contributed by atoms with Crippen LogP contribution in [0.25, 0.3) is 0 Å². The number of hydroxylamine groups is 2.